The number of hydrogen-bond acceptors (Lipinski definition) is 5. The number of nitrogens with zero attached hydrogens (tertiary/aromatic N) is 3. The quantitative estimate of drug-likeness (QED) is 0.576. The van der Waals surface area contributed by atoms with Gasteiger partial charge in [0.25, 0.3) is 0 Å². The Kier molecular flexibility index (Phi) is 6.50. The molecule has 148 valence electrons. The van der Waals surface area contributed by atoms with Crippen molar-refractivity contribution in [1.29, 1.82) is 5.26 Å². The van der Waals surface area contributed by atoms with Gasteiger partial charge in [-0.1, -0.05) is 43.8 Å². The third kappa shape index (κ3) is 5.12. The number of carbonyl (C=O) groups excluding carboxylic acids is 1. The maximum absolute atomic E-state index is 12.9. The number of anilines is 1. The minimum atomic E-state index is -0.406. The molecule has 1 amide bonds. The third-order valence-corrected chi connectivity index (χ3v) is 5.52. The van der Waals surface area contributed by atoms with Crippen LogP contribution in [0.15, 0.2) is 47.5 Å². The molecule has 0 aliphatic carbocycles. The molecule has 3 aromatic rings. The molecule has 0 bridgehead atoms. The summed E-state index contributed by atoms with van der Waals surface area (Å²) in [6.45, 7) is 7.99. The summed E-state index contributed by atoms with van der Waals surface area (Å²) in [6, 6.07) is 15.5. The van der Waals surface area contributed by atoms with Crippen molar-refractivity contribution < 1.29 is 4.79 Å². The highest BCUT2D eigenvalue weighted by Gasteiger charge is 2.19. The van der Waals surface area contributed by atoms with Gasteiger partial charge in [0.15, 0.2) is 0 Å². The number of hydrogen-bond donors (Lipinski definition) is 1. The van der Waals surface area contributed by atoms with E-state index in [1.54, 1.807) is 6.07 Å². The lowest BCUT2D eigenvalue weighted by molar-refractivity contribution is -0.115. The predicted molar refractivity (Wildman–Crippen MR) is 118 cm³/mol. The average molecular weight is 405 g/mol. The summed E-state index contributed by atoms with van der Waals surface area (Å²) >= 11 is 1.31. The summed E-state index contributed by atoms with van der Waals surface area (Å²) in [6.07, 6.45) is 0.835. The first kappa shape index (κ1) is 20.8. The second kappa shape index (κ2) is 9.06. The molecule has 1 N–H and O–H groups in total. The SMILES string of the molecule is Cc1cc(NC(=O)C(C)Sc2nc(CC(C)C)ccc2C#N)c2ccccc2n1. The van der Waals surface area contributed by atoms with Crippen molar-refractivity contribution in [1.82, 2.24) is 9.97 Å². The van der Waals surface area contributed by atoms with Crippen molar-refractivity contribution in [3.63, 3.8) is 0 Å². The van der Waals surface area contributed by atoms with E-state index in [2.05, 4.69) is 35.2 Å². The number of aryl methyl sites for hydroxylation is 1. The number of rotatable bonds is 6. The summed E-state index contributed by atoms with van der Waals surface area (Å²) in [5.74, 6) is 0.336. The van der Waals surface area contributed by atoms with Gasteiger partial charge < -0.3 is 5.32 Å². The van der Waals surface area contributed by atoms with Crippen LogP contribution in [-0.4, -0.2) is 21.1 Å². The fraction of sp³-hybridized carbons (Fsp3) is 0.304. The number of nitriles is 1. The van der Waals surface area contributed by atoms with Gasteiger partial charge in [-0.05, 0) is 50.5 Å². The van der Waals surface area contributed by atoms with Crippen LogP contribution >= 0.6 is 11.8 Å². The zero-order chi connectivity index (χ0) is 21.0. The maximum atomic E-state index is 12.9. The predicted octanol–water partition coefficient (Wildman–Crippen LogP) is 5.13. The molecule has 0 aliphatic rings. The van der Waals surface area contributed by atoms with E-state index in [1.807, 2.05) is 50.2 Å². The molecule has 1 aromatic carbocycles. The van der Waals surface area contributed by atoms with Crippen LogP contribution in [0.4, 0.5) is 5.69 Å². The molecule has 1 unspecified atom stereocenters. The first-order chi connectivity index (χ1) is 13.9. The lowest BCUT2D eigenvalue weighted by Crippen LogP contribution is -2.23. The highest BCUT2D eigenvalue weighted by Crippen LogP contribution is 2.28. The monoisotopic (exact) mass is 404 g/mol. The van der Waals surface area contributed by atoms with Gasteiger partial charge >= 0.3 is 0 Å². The van der Waals surface area contributed by atoms with E-state index < -0.39 is 5.25 Å². The van der Waals surface area contributed by atoms with E-state index in [0.717, 1.165) is 34.4 Å². The molecule has 0 spiro atoms. The van der Waals surface area contributed by atoms with Gasteiger partial charge in [0, 0.05) is 16.8 Å². The van der Waals surface area contributed by atoms with Gasteiger partial charge in [-0.2, -0.15) is 5.26 Å². The minimum Gasteiger partial charge on any atom is -0.324 e. The zero-order valence-electron chi connectivity index (χ0n) is 17.1. The molecule has 5 nitrogen and oxygen atoms in total. The molecule has 3 rings (SSSR count). The van der Waals surface area contributed by atoms with Crippen molar-refractivity contribution in [3.8, 4) is 6.07 Å². The summed E-state index contributed by atoms with van der Waals surface area (Å²) in [7, 11) is 0. The van der Waals surface area contributed by atoms with Gasteiger partial charge in [0.1, 0.15) is 11.1 Å². The Morgan fingerprint density at radius 2 is 1.93 bits per heavy atom. The van der Waals surface area contributed by atoms with Crippen LogP contribution < -0.4 is 5.32 Å². The summed E-state index contributed by atoms with van der Waals surface area (Å²) in [5.41, 5.74) is 3.86. The van der Waals surface area contributed by atoms with Crippen LogP contribution in [0.2, 0.25) is 0 Å². The molecular formula is C23H24N4OS. The Hall–Kier alpha value is -2.91. The lowest BCUT2D eigenvalue weighted by Gasteiger charge is -2.15. The molecule has 2 heterocycles. The molecule has 0 saturated carbocycles. The average Bonchev–Trinajstić information content (AvgIpc) is 2.67. The molecule has 2 aromatic heterocycles. The number of aromatic nitrogens is 2. The number of nitrogens with one attached hydrogen (secondary N) is 1. The Morgan fingerprint density at radius 1 is 1.17 bits per heavy atom. The minimum absolute atomic E-state index is 0.134. The molecule has 0 radical (unpaired) electrons. The largest absolute Gasteiger partial charge is 0.324 e. The van der Waals surface area contributed by atoms with Gasteiger partial charge in [-0.25, -0.2) is 4.98 Å². The molecule has 6 heteroatoms. The first-order valence-corrected chi connectivity index (χ1v) is 10.5. The molecule has 0 aliphatic heterocycles. The standard InChI is InChI=1S/C23H24N4OS/c1-14(2)11-18-10-9-17(13-24)23(26-18)29-16(4)22(28)27-21-12-15(3)25-20-8-6-5-7-19(20)21/h5-10,12,14,16H,11H2,1-4H3,(H,25,27,28). The van der Waals surface area contributed by atoms with E-state index in [1.165, 1.54) is 11.8 Å². The number of benzene rings is 1. The summed E-state index contributed by atoms with van der Waals surface area (Å²) < 4.78 is 0. The van der Waals surface area contributed by atoms with E-state index in [4.69, 9.17) is 0 Å². The van der Waals surface area contributed by atoms with Crippen LogP contribution in [0.5, 0.6) is 0 Å². The van der Waals surface area contributed by atoms with Crippen molar-refractivity contribution in [2.45, 2.75) is 44.4 Å². The van der Waals surface area contributed by atoms with Crippen molar-refractivity contribution in [2.75, 3.05) is 5.32 Å². The normalized spacial score (nSPS) is 12.0. The fourth-order valence-corrected chi connectivity index (χ4v) is 3.96. The second-order valence-corrected chi connectivity index (χ2v) is 8.77. The number of pyridine rings is 2. The Morgan fingerprint density at radius 3 is 2.66 bits per heavy atom. The van der Waals surface area contributed by atoms with Crippen molar-refractivity contribution >= 4 is 34.3 Å². The smallest absolute Gasteiger partial charge is 0.237 e. The Balaban J connectivity index is 1.81. The molecule has 0 fully saturated rings. The molecule has 1 atom stereocenters. The molecule has 29 heavy (non-hydrogen) atoms. The van der Waals surface area contributed by atoms with Crippen LogP contribution in [-0.2, 0) is 11.2 Å². The van der Waals surface area contributed by atoms with Crippen LogP contribution in [0.25, 0.3) is 10.9 Å². The van der Waals surface area contributed by atoms with Crippen LogP contribution in [0.1, 0.15) is 37.7 Å². The Bertz CT molecular complexity index is 1090. The number of amides is 1. The highest BCUT2D eigenvalue weighted by molar-refractivity contribution is 8.00. The fourth-order valence-electron chi connectivity index (χ4n) is 3.05. The third-order valence-electron chi connectivity index (χ3n) is 4.42. The maximum Gasteiger partial charge on any atom is 0.237 e. The highest BCUT2D eigenvalue weighted by atomic mass is 32.2. The number of thioether (sulfide) groups is 1. The second-order valence-electron chi connectivity index (χ2n) is 7.44. The van der Waals surface area contributed by atoms with Gasteiger partial charge in [0.05, 0.1) is 22.0 Å². The van der Waals surface area contributed by atoms with Gasteiger partial charge in [-0.15, -0.1) is 0 Å². The first-order valence-electron chi connectivity index (χ1n) is 9.61. The van der Waals surface area contributed by atoms with E-state index >= 15 is 0 Å². The van der Waals surface area contributed by atoms with E-state index in [9.17, 15) is 10.1 Å². The van der Waals surface area contributed by atoms with Gasteiger partial charge in [-0.3, -0.25) is 9.78 Å². The van der Waals surface area contributed by atoms with Crippen LogP contribution in [0.3, 0.4) is 0 Å². The van der Waals surface area contributed by atoms with Crippen molar-refractivity contribution in [3.05, 3.63) is 59.4 Å². The van der Waals surface area contributed by atoms with Crippen molar-refractivity contribution in [2.24, 2.45) is 5.92 Å². The number of fused-ring (bicyclic) bond motifs is 1. The lowest BCUT2D eigenvalue weighted by atomic mass is 10.1. The zero-order valence-corrected chi connectivity index (χ0v) is 17.9. The molecular weight excluding hydrogens is 380 g/mol. The number of para-hydroxylation sites is 1. The van der Waals surface area contributed by atoms with E-state index in [-0.39, 0.29) is 5.91 Å². The van der Waals surface area contributed by atoms with Gasteiger partial charge in [0.2, 0.25) is 5.91 Å². The summed E-state index contributed by atoms with van der Waals surface area (Å²) in [5, 5.41) is 13.5. The van der Waals surface area contributed by atoms with Crippen LogP contribution in [0, 0.1) is 24.2 Å². The molecule has 0 saturated heterocycles. The summed E-state index contributed by atoms with van der Waals surface area (Å²) in [4.78, 5) is 22.0. The topological polar surface area (TPSA) is 78.7 Å². The Labute approximate surface area is 175 Å². The number of carbonyl (C=O) groups is 1. The van der Waals surface area contributed by atoms with E-state index in [0.29, 0.717) is 16.5 Å².